The van der Waals surface area contributed by atoms with Gasteiger partial charge in [0.05, 0.1) is 7.11 Å². The van der Waals surface area contributed by atoms with Gasteiger partial charge in [0.15, 0.2) is 0 Å². The molecule has 0 radical (unpaired) electrons. The molecule has 0 aliphatic carbocycles. The number of fused-ring (bicyclic) bond motifs is 2. The molecule has 2 heterocycles. The lowest BCUT2D eigenvalue weighted by atomic mass is 10.0. The van der Waals surface area contributed by atoms with Crippen LogP contribution in [0.15, 0.2) is 0 Å². The lowest BCUT2D eigenvalue weighted by molar-refractivity contribution is 0.161. The Kier molecular flexibility index (Phi) is 2.40. The molecule has 2 bridgehead atoms. The molecule has 2 N–H and O–H groups in total. The molecule has 0 aromatic carbocycles. The van der Waals surface area contributed by atoms with Crippen LogP contribution in [0, 0.1) is 0 Å². The molecule has 2 aliphatic rings. The number of nitrogens with one attached hydrogen (secondary N) is 2. The molecule has 0 aromatic heterocycles. The van der Waals surface area contributed by atoms with Crippen molar-refractivity contribution >= 4 is 6.09 Å². The molecule has 13 heavy (non-hydrogen) atoms. The molecule has 2 fully saturated rings. The SMILES string of the molecule is COC(=O)NC1C[C@H]2CC[C@@H](C1)N2. The van der Waals surface area contributed by atoms with Gasteiger partial charge in [0.25, 0.3) is 0 Å². The van der Waals surface area contributed by atoms with Crippen molar-refractivity contribution in [3.05, 3.63) is 0 Å². The summed E-state index contributed by atoms with van der Waals surface area (Å²) in [5.41, 5.74) is 0. The quantitative estimate of drug-likeness (QED) is 0.628. The summed E-state index contributed by atoms with van der Waals surface area (Å²) >= 11 is 0. The van der Waals surface area contributed by atoms with E-state index in [9.17, 15) is 4.79 Å². The first-order valence-electron chi connectivity index (χ1n) is 4.88. The van der Waals surface area contributed by atoms with E-state index in [4.69, 9.17) is 0 Å². The normalized spacial score (nSPS) is 37.2. The van der Waals surface area contributed by atoms with Crippen LogP contribution in [0.2, 0.25) is 0 Å². The number of carbonyl (C=O) groups excluding carboxylic acids is 1. The average molecular weight is 184 g/mol. The summed E-state index contributed by atoms with van der Waals surface area (Å²) in [6.45, 7) is 0. The fourth-order valence-electron chi connectivity index (χ4n) is 2.40. The van der Waals surface area contributed by atoms with Crippen LogP contribution in [-0.2, 0) is 4.74 Å². The minimum absolute atomic E-state index is 0.300. The number of hydrogen-bond acceptors (Lipinski definition) is 3. The van der Waals surface area contributed by atoms with Crippen LogP contribution in [0.1, 0.15) is 25.7 Å². The Morgan fingerprint density at radius 2 is 2.00 bits per heavy atom. The van der Waals surface area contributed by atoms with Crippen molar-refractivity contribution in [1.29, 1.82) is 0 Å². The number of alkyl carbamates (subject to hydrolysis) is 1. The van der Waals surface area contributed by atoms with Crippen molar-refractivity contribution in [1.82, 2.24) is 10.6 Å². The molecule has 0 aromatic rings. The zero-order valence-electron chi connectivity index (χ0n) is 7.88. The second kappa shape index (κ2) is 3.54. The van der Waals surface area contributed by atoms with Gasteiger partial charge in [-0.25, -0.2) is 4.79 Å². The summed E-state index contributed by atoms with van der Waals surface area (Å²) in [5.74, 6) is 0. The van der Waals surface area contributed by atoms with Crippen LogP contribution < -0.4 is 10.6 Å². The average Bonchev–Trinajstić information content (AvgIpc) is 2.46. The zero-order valence-corrected chi connectivity index (χ0v) is 7.88. The largest absolute Gasteiger partial charge is 0.453 e. The smallest absolute Gasteiger partial charge is 0.407 e. The van der Waals surface area contributed by atoms with Crippen molar-refractivity contribution in [3.8, 4) is 0 Å². The minimum atomic E-state index is -0.300. The summed E-state index contributed by atoms with van der Waals surface area (Å²) in [5, 5.41) is 6.39. The first-order valence-corrected chi connectivity index (χ1v) is 4.88. The Morgan fingerprint density at radius 1 is 1.38 bits per heavy atom. The molecule has 4 heteroatoms. The summed E-state index contributed by atoms with van der Waals surface area (Å²) in [4.78, 5) is 11.0. The Bertz CT molecular complexity index is 196. The van der Waals surface area contributed by atoms with Crippen molar-refractivity contribution < 1.29 is 9.53 Å². The van der Waals surface area contributed by atoms with E-state index >= 15 is 0 Å². The van der Waals surface area contributed by atoms with Crippen molar-refractivity contribution in [2.45, 2.75) is 43.8 Å². The van der Waals surface area contributed by atoms with Gasteiger partial charge in [0, 0.05) is 18.1 Å². The van der Waals surface area contributed by atoms with Crippen molar-refractivity contribution in [3.63, 3.8) is 0 Å². The van der Waals surface area contributed by atoms with Gasteiger partial charge in [-0.2, -0.15) is 0 Å². The van der Waals surface area contributed by atoms with Gasteiger partial charge in [-0.3, -0.25) is 0 Å². The van der Waals surface area contributed by atoms with E-state index in [2.05, 4.69) is 15.4 Å². The van der Waals surface area contributed by atoms with Gasteiger partial charge in [0.2, 0.25) is 0 Å². The predicted molar refractivity (Wildman–Crippen MR) is 48.5 cm³/mol. The molecular formula is C9H16N2O2. The number of carbonyl (C=O) groups is 1. The third-order valence-corrected chi connectivity index (χ3v) is 2.98. The van der Waals surface area contributed by atoms with Gasteiger partial charge in [-0.05, 0) is 25.7 Å². The Hall–Kier alpha value is -0.770. The molecule has 2 rings (SSSR count). The van der Waals surface area contributed by atoms with Crippen LogP contribution in [0.3, 0.4) is 0 Å². The third-order valence-electron chi connectivity index (χ3n) is 2.98. The monoisotopic (exact) mass is 184 g/mol. The summed E-state index contributed by atoms with van der Waals surface area (Å²) in [6, 6.07) is 1.54. The van der Waals surface area contributed by atoms with E-state index in [1.165, 1.54) is 20.0 Å². The first-order chi connectivity index (χ1) is 6.28. The van der Waals surface area contributed by atoms with Crippen LogP contribution in [0.5, 0.6) is 0 Å². The molecule has 0 spiro atoms. The van der Waals surface area contributed by atoms with E-state index in [1.807, 2.05) is 0 Å². The highest BCUT2D eigenvalue weighted by molar-refractivity contribution is 5.67. The summed E-state index contributed by atoms with van der Waals surface area (Å²) in [7, 11) is 1.41. The fraction of sp³-hybridized carbons (Fsp3) is 0.889. The zero-order chi connectivity index (χ0) is 9.26. The Morgan fingerprint density at radius 3 is 2.54 bits per heavy atom. The maximum absolute atomic E-state index is 11.0. The fourth-order valence-corrected chi connectivity index (χ4v) is 2.40. The number of methoxy groups -OCH3 is 1. The molecule has 2 aliphatic heterocycles. The van der Waals surface area contributed by atoms with Crippen molar-refractivity contribution in [2.75, 3.05) is 7.11 Å². The lowest BCUT2D eigenvalue weighted by Crippen LogP contribution is -2.47. The van der Waals surface area contributed by atoms with E-state index in [0.717, 1.165) is 12.8 Å². The van der Waals surface area contributed by atoms with Crippen LogP contribution in [0.4, 0.5) is 4.79 Å². The lowest BCUT2D eigenvalue weighted by Gasteiger charge is -2.29. The Balaban J connectivity index is 1.85. The van der Waals surface area contributed by atoms with E-state index in [1.54, 1.807) is 0 Å². The topological polar surface area (TPSA) is 50.4 Å². The van der Waals surface area contributed by atoms with Gasteiger partial charge < -0.3 is 15.4 Å². The van der Waals surface area contributed by atoms with E-state index in [-0.39, 0.29) is 6.09 Å². The molecule has 74 valence electrons. The van der Waals surface area contributed by atoms with Gasteiger partial charge in [-0.15, -0.1) is 0 Å². The summed E-state index contributed by atoms with van der Waals surface area (Å²) in [6.07, 6.45) is 4.30. The molecular weight excluding hydrogens is 168 g/mol. The van der Waals surface area contributed by atoms with Gasteiger partial charge in [-0.1, -0.05) is 0 Å². The predicted octanol–water partition coefficient (Wildman–Crippen LogP) is 0.625. The third kappa shape index (κ3) is 1.94. The summed E-state index contributed by atoms with van der Waals surface area (Å²) < 4.78 is 4.57. The van der Waals surface area contributed by atoms with Crippen LogP contribution in [-0.4, -0.2) is 31.3 Å². The molecule has 4 nitrogen and oxygen atoms in total. The van der Waals surface area contributed by atoms with Crippen molar-refractivity contribution in [2.24, 2.45) is 0 Å². The molecule has 3 atom stereocenters. The second-order valence-corrected chi connectivity index (χ2v) is 3.94. The number of amides is 1. The Labute approximate surface area is 78.0 Å². The minimum Gasteiger partial charge on any atom is -0.453 e. The van der Waals surface area contributed by atoms with Gasteiger partial charge in [0.1, 0.15) is 0 Å². The number of hydrogen-bond donors (Lipinski definition) is 2. The first kappa shape index (κ1) is 8.81. The highest BCUT2D eigenvalue weighted by Gasteiger charge is 2.33. The maximum atomic E-state index is 11.0. The van der Waals surface area contributed by atoms with Crippen LogP contribution >= 0.6 is 0 Å². The van der Waals surface area contributed by atoms with E-state index in [0.29, 0.717) is 18.1 Å². The standard InChI is InChI=1S/C9H16N2O2/c1-13-9(12)11-8-4-6-2-3-7(5-8)10-6/h6-8,10H,2-5H2,1H3,(H,11,12)/t6-,7+,8?. The number of piperidine rings is 1. The molecule has 1 unspecified atom stereocenters. The molecule has 0 saturated carbocycles. The molecule has 2 saturated heterocycles. The highest BCUT2D eigenvalue weighted by Crippen LogP contribution is 2.26. The van der Waals surface area contributed by atoms with E-state index < -0.39 is 0 Å². The van der Waals surface area contributed by atoms with Gasteiger partial charge >= 0.3 is 6.09 Å². The second-order valence-electron chi connectivity index (χ2n) is 3.94. The maximum Gasteiger partial charge on any atom is 0.407 e. The molecule has 1 amide bonds. The highest BCUT2D eigenvalue weighted by atomic mass is 16.5. The number of ether oxygens (including phenoxy) is 1. The number of rotatable bonds is 1. The van der Waals surface area contributed by atoms with Crippen LogP contribution in [0.25, 0.3) is 0 Å².